The fourth-order valence-electron chi connectivity index (χ4n) is 2.60. The predicted octanol–water partition coefficient (Wildman–Crippen LogP) is 2.15. The van der Waals surface area contributed by atoms with Crippen LogP contribution < -0.4 is 14.2 Å². The van der Waals surface area contributed by atoms with Crippen LogP contribution >= 0.6 is 0 Å². The SMILES string of the molecule is Cn1cnc2cc(NS(=O)(=O)c3ccc4c(c3)OCCO4)ccc21. The van der Waals surface area contributed by atoms with Crippen molar-refractivity contribution >= 4 is 26.7 Å². The summed E-state index contributed by atoms with van der Waals surface area (Å²) in [6.07, 6.45) is 1.68. The van der Waals surface area contributed by atoms with Gasteiger partial charge in [-0.2, -0.15) is 0 Å². The fraction of sp³-hybridized carbons (Fsp3) is 0.188. The lowest BCUT2D eigenvalue weighted by atomic mass is 10.3. The maximum Gasteiger partial charge on any atom is 0.262 e. The molecule has 0 amide bonds. The van der Waals surface area contributed by atoms with Crippen LogP contribution in [0, 0.1) is 0 Å². The molecule has 0 bridgehead atoms. The summed E-state index contributed by atoms with van der Waals surface area (Å²) in [5.41, 5.74) is 2.10. The van der Waals surface area contributed by atoms with Gasteiger partial charge in [0.05, 0.1) is 27.9 Å². The molecule has 7 nitrogen and oxygen atoms in total. The van der Waals surface area contributed by atoms with Gasteiger partial charge in [-0.05, 0) is 30.3 Å². The number of aryl methyl sites for hydroxylation is 1. The molecule has 0 aliphatic carbocycles. The molecule has 0 atom stereocenters. The number of nitrogens with one attached hydrogen (secondary N) is 1. The highest BCUT2D eigenvalue weighted by Gasteiger charge is 2.19. The molecular weight excluding hydrogens is 330 g/mol. The third-order valence-electron chi connectivity index (χ3n) is 3.80. The number of ether oxygens (including phenoxy) is 2. The van der Waals surface area contributed by atoms with Gasteiger partial charge in [-0.3, -0.25) is 4.72 Å². The van der Waals surface area contributed by atoms with Gasteiger partial charge in [0.2, 0.25) is 0 Å². The second-order valence-electron chi connectivity index (χ2n) is 5.47. The van der Waals surface area contributed by atoms with Crippen LogP contribution in [0.3, 0.4) is 0 Å². The molecule has 1 aromatic heterocycles. The van der Waals surface area contributed by atoms with Gasteiger partial charge < -0.3 is 14.0 Å². The van der Waals surface area contributed by atoms with Crippen LogP contribution in [-0.4, -0.2) is 31.2 Å². The van der Waals surface area contributed by atoms with E-state index < -0.39 is 10.0 Å². The number of benzene rings is 2. The zero-order valence-corrected chi connectivity index (χ0v) is 13.7. The lowest BCUT2D eigenvalue weighted by Gasteiger charge is -2.19. The van der Waals surface area contributed by atoms with Crippen LogP contribution in [0.25, 0.3) is 11.0 Å². The molecule has 124 valence electrons. The number of sulfonamides is 1. The normalized spacial score (nSPS) is 13.9. The van der Waals surface area contributed by atoms with Crippen molar-refractivity contribution in [3.63, 3.8) is 0 Å². The quantitative estimate of drug-likeness (QED) is 0.786. The van der Waals surface area contributed by atoms with E-state index in [-0.39, 0.29) is 4.90 Å². The first kappa shape index (κ1) is 14.8. The van der Waals surface area contributed by atoms with Gasteiger partial charge in [0.1, 0.15) is 13.2 Å². The lowest BCUT2D eigenvalue weighted by Crippen LogP contribution is -2.17. The van der Waals surface area contributed by atoms with Crippen molar-refractivity contribution in [2.45, 2.75) is 4.90 Å². The first-order valence-electron chi connectivity index (χ1n) is 7.36. The molecule has 0 fully saturated rings. The molecule has 0 unspecified atom stereocenters. The Balaban J connectivity index is 1.66. The number of imidazole rings is 1. The number of anilines is 1. The summed E-state index contributed by atoms with van der Waals surface area (Å²) in [5, 5.41) is 0. The van der Waals surface area contributed by atoms with Gasteiger partial charge in [-0.15, -0.1) is 0 Å². The molecule has 1 aliphatic rings. The number of nitrogens with zero attached hydrogens (tertiary/aromatic N) is 2. The highest BCUT2D eigenvalue weighted by molar-refractivity contribution is 7.92. The average Bonchev–Trinajstić information content (AvgIpc) is 2.94. The maximum atomic E-state index is 12.6. The second-order valence-corrected chi connectivity index (χ2v) is 7.15. The number of hydrogen-bond donors (Lipinski definition) is 1. The summed E-state index contributed by atoms with van der Waals surface area (Å²) in [6, 6.07) is 9.80. The molecule has 0 saturated carbocycles. The summed E-state index contributed by atoms with van der Waals surface area (Å²) in [5.74, 6) is 0.986. The largest absolute Gasteiger partial charge is 0.486 e. The Bertz CT molecular complexity index is 1030. The molecule has 24 heavy (non-hydrogen) atoms. The van der Waals surface area contributed by atoms with E-state index in [1.807, 2.05) is 17.7 Å². The Morgan fingerprint density at radius 1 is 1.08 bits per heavy atom. The standard InChI is InChI=1S/C16H15N3O4S/c1-19-10-17-13-8-11(2-4-14(13)19)18-24(20,21)12-3-5-15-16(9-12)23-7-6-22-15/h2-5,8-10,18H,6-7H2,1H3. The zero-order valence-electron chi connectivity index (χ0n) is 12.9. The minimum absolute atomic E-state index is 0.118. The van der Waals surface area contributed by atoms with E-state index >= 15 is 0 Å². The third-order valence-corrected chi connectivity index (χ3v) is 5.18. The van der Waals surface area contributed by atoms with Crippen molar-refractivity contribution in [1.29, 1.82) is 0 Å². The van der Waals surface area contributed by atoms with E-state index in [9.17, 15) is 8.42 Å². The molecule has 0 radical (unpaired) electrons. The molecular formula is C16H15N3O4S. The van der Waals surface area contributed by atoms with Crippen LogP contribution in [-0.2, 0) is 17.1 Å². The minimum Gasteiger partial charge on any atom is -0.486 e. The molecule has 1 aliphatic heterocycles. The lowest BCUT2D eigenvalue weighted by molar-refractivity contribution is 0.171. The van der Waals surface area contributed by atoms with Gasteiger partial charge in [-0.25, -0.2) is 13.4 Å². The number of aromatic nitrogens is 2. The van der Waals surface area contributed by atoms with E-state index in [2.05, 4.69) is 9.71 Å². The Hall–Kier alpha value is -2.74. The highest BCUT2D eigenvalue weighted by Crippen LogP contribution is 2.32. The molecule has 0 saturated heterocycles. The zero-order chi connectivity index (χ0) is 16.7. The van der Waals surface area contributed by atoms with Crippen molar-refractivity contribution in [2.24, 2.45) is 7.05 Å². The van der Waals surface area contributed by atoms with Crippen molar-refractivity contribution in [3.8, 4) is 11.5 Å². The molecule has 2 heterocycles. The van der Waals surface area contributed by atoms with Gasteiger partial charge in [0.15, 0.2) is 11.5 Å². The van der Waals surface area contributed by atoms with Crippen LogP contribution in [0.4, 0.5) is 5.69 Å². The summed E-state index contributed by atoms with van der Waals surface area (Å²) >= 11 is 0. The second kappa shape index (κ2) is 5.41. The van der Waals surface area contributed by atoms with Gasteiger partial charge in [0, 0.05) is 13.1 Å². The van der Waals surface area contributed by atoms with E-state index in [0.717, 1.165) is 11.0 Å². The monoisotopic (exact) mass is 345 g/mol. The van der Waals surface area contributed by atoms with E-state index in [1.54, 1.807) is 24.5 Å². The van der Waals surface area contributed by atoms with Crippen LogP contribution in [0.1, 0.15) is 0 Å². The van der Waals surface area contributed by atoms with E-state index in [1.165, 1.54) is 12.1 Å². The van der Waals surface area contributed by atoms with Crippen molar-refractivity contribution < 1.29 is 17.9 Å². The van der Waals surface area contributed by atoms with E-state index in [0.29, 0.717) is 30.4 Å². The van der Waals surface area contributed by atoms with Crippen molar-refractivity contribution in [3.05, 3.63) is 42.7 Å². The summed E-state index contributed by atoms with van der Waals surface area (Å²) in [4.78, 5) is 4.35. The van der Waals surface area contributed by atoms with Crippen LogP contribution in [0.5, 0.6) is 11.5 Å². The molecule has 4 rings (SSSR count). The van der Waals surface area contributed by atoms with Gasteiger partial charge in [-0.1, -0.05) is 0 Å². The number of rotatable bonds is 3. The Morgan fingerprint density at radius 3 is 2.71 bits per heavy atom. The topological polar surface area (TPSA) is 82.5 Å². The smallest absolute Gasteiger partial charge is 0.262 e. The van der Waals surface area contributed by atoms with Crippen molar-refractivity contribution in [1.82, 2.24) is 9.55 Å². The van der Waals surface area contributed by atoms with Gasteiger partial charge in [0.25, 0.3) is 10.0 Å². The predicted molar refractivity (Wildman–Crippen MR) is 89.0 cm³/mol. The van der Waals surface area contributed by atoms with Crippen LogP contribution in [0.15, 0.2) is 47.6 Å². The average molecular weight is 345 g/mol. The van der Waals surface area contributed by atoms with Gasteiger partial charge >= 0.3 is 0 Å². The molecule has 0 spiro atoms. The molecule has 2 aromatic carbocycles. The first-order valence-corrected chi connectivity index (χ1v) is 8.85. The third kappa shape index (κ3) is 2.54. The summed E-state index contributed by atoms with van der Waals surface area (Å²) in [7, 11) is -1.85. The Kier molecular flexibility index (Phi) is 3.34. The summed E-state index contributed by atoms with van der Waals surface area (Å²) in [6.45, 7) is 0.863. The van der Waals surface area contributed by atoms with Crippen molar-refractivity contribution in [2.75, 3.05) is 17.9 Å². The number of hydrogen-bond acceptors (Lipinski definition) is 5. The highest BCUT2D eigenvalue weighted by atomic mass is 32.2. The number of fused-ring (bicyclic) bond motifs is 2. The fourth-order valence-corrected chi connectivity index (χ4v) is 3.67. The minimum atomic E-state index is -3.73. The Morgan fingerprint density at radius 2 is 1.88 bits per heavy atom. The maximum absolute atomic E-state index is 12.6. The molecule has 8 heteroatoms. The Labute approximate surface area is 138 Å². The van der Waals surface area contributed by atoms with E-state index in [4.69, 9.17) is 9.47 Å². The molecule has 3 aromatic rings. The summed E-state index contributed by atoms with van der Waals surface area (Å²) < 4.78 is 40.5. The first-order chi connectivity index (χ1) is 11.5. The molecule has 1 N–H and O–H groups in total. The van der Waals surface area contributed by atoms with Crippen LogP contribution in [0.2, 0.25) is 0 Å².